The minimum Gasteiger partial charge on any atom is -0.399 e. The zero-order valence-electron chi connectivity index (χ0n) is 10.00. The minimum atomic E-state index is 0.730. The molecule has 0 atom stereocenters. The van der Waals surface area contributed by atoms with Gasteiger partial charge in [0.05, 0.1) is 0 Å². The molecule has 1 spiro atoms. The Morgan fingerprint density at radius 3 is 2.69 bits per heavy atom. The summed E-state index contributed by atoms with van der Waals surface area (Å²) < 4.78 is 0. The van der Waals surface area contributed by atoms with E-state index in [4.69, 9.17) is 5.73 Å². The molecule has 16 heavy (non-hydrogen) atoms. The van der Waals surface area contributed by atoms with Crippen molar-refractivity contribution in [1.29, 1.82) is 0 Å². The number of nitrogens with two attached hydrogens (primary N) is 1. The van der Waals surface area contributed by atoms with E-state index in [1.165, 1.54) is 43.5 Å². The normalized spacial score (nSPS) is 22.8. The van der Waals surface area contributed by atoms with E-state index in [-0.39, 0.29) is 0 Å². The molecule has 1 aromatic carbocycles. The van der Waals surface area contributed by atoms with Crippen LogP contribution in [0.25, 0.3) is 0 Å². The molecule has 0 aromatic heterocycles. The fourth-order valence-corrected chi connectivity index (χ4v) is 3.12. The van der Waals surface area contributed by atoms with Crippen molar-refractivity contribution >= 4 is 5.69 Å². The summed E-state index contributed by atoms with van der Waals surface area (Å²) in [4.78, 5) is 2.56. The van der Waals surface area contributed by atoms with Crippen molar-refractivity contribution in [2.24, 2.45) is 5.41 Å². The van der Waals surface area contributed by atoms with Crippen LogP contribution in [0.3, 0.4) is 0 Å². The zero-order chi connectivity index (χ0) is 11.2. The maximum atomic E-state index is 5.93. The van der Waals surface area contributed by atoms with Gasteiger partial charge in [0.2, 0.25) is 0 Å². The standard InChI is InChI=1S/C14H20N2/c1-11-12(4-2-5-13(11)15)8-16-9-14(10-16)6-3-7-14/h2,4-5H,3,6-10,15H2,1H3. The summed E-state index contributed by atoms with van der Waals surface area (Å²) in [5.41, 5.74) is 10.2. The van der Waals surface area contributed by atoms with Crippen LogP contribution in [-0.4, -0.2) is 18.0 Å². The van der Waals surface area contributed by atoms with Gasteiger partial charge in [-0.25, -0.2) is 0 Å². The van der Waals surface area contributed by atoms with Crippen molar-refractivity contribution in [3.63, 3.8) is 0 Å². The van der Waals surface area contributed by atoms with E-state index in [9.17, 15) is 0 Å². The SMILES string of the molecule is Cc1c(N)cccc1CN1CC2(CCC2)C1. The van der Waals surface area contributed by atoms with Crippen LogP contribution in [0, 0.1) is 12.3 Å². The maximum absolute atomic E-state index is 5.93. The van der Waals surface area contributed by atoms with Gasteiger partial charge in [0, 0.05) is 25.3 Å². The number of rotatable bonds is 2. The average Bonchev–Trinajstić information content (AvgIpc) is 2.14. The van der Waals surface area contributed by atoms with Gasteiger partial charge in [-0.3, -0.25) is 4.90 Å². The second-order valence-electron chi connectivity index (χ2n) is 5.63. The molecule has 86 valence electrons. The minimum absolute atomic E-state index is 0.730. The smallest absolute Gasteiger partial charge is 0.0346 e. The number of hydrogen-bond acceptors (Lipinski definition) is 2. The van der Waals surface area contributed by atoms with Crippen LogP contribution in [-0.2, 0) is 6.54 Å². The first-order valence-electron chi connectivity index (χ1n) is 6.25. The third kappa shape index (κ3) is 1.52. The fraction of sp³-hybridized carbons (Fsp3) is 0.571. The number of nitrogen functional groups attached to an aromatic ring is 1. The average molecular weight is 216 g/mol. The van der Waals surface area contributed by atoms with Gasteiger partial charge >= 0.3 is 0 Å². The van der Waals surface area contributed by atoms with Crippen LogP contribution in [0.2, 0.25) is 0 Å². The number of anilines is 1. The Labute approximate surface area is 97.4 Å². The monoisotopic (exact) mass is 216 g/mol. The summed E-state index contributed by atoms with van der Waals surface area (Å²) in [5.74, 6) is 0. The summed E-state index contributed by atoms with van der Waals surface area (Å²) in [6.45, 7) is 5.82. The quantitative estimate of drug-likeness (QED) is 0.770. The van der Waals surface area contributed by atoms with Crippen molar-refractivity contribution < 1.29 is 0 Å². The van der Waals surface area contributed by atoms with E-state index in [2.05, 4.69) is 24.0 Å². The topological polar surface area (TPSA) is 29.3 Å². The first-order chi connectivity index (χ1) is 7.69. The Kier molecular flexibility index (Phi) is 2.21. The van der Waals surface area contributed by atoms with E-state index >= 15 is 0 Å². The van der Waals surface area contributed by atoms with Gasteiger partial charge in [0.15, 0.2) is 0 Å². The van der Waals surface area contributed by atoms with Gasteiger partial charge < -0.3 is 5.73 Å². The highest BCUT2D eigenvalue weighted by Crippen LogP contribution is 2.48. The van der Waals surface area contributed by atoms with Crippen LogP contribution in [0.5, 0.6) is 0 Å². The lowest BCUT2D eigenvalue weighted by Crippen LogP contribution is -2.58. The Hall–Kier alpha value is -1.02. The van der Waals surface area contributed by atoms with Gasteiger partial charge in [-0.1, -0.05) is 18.6 Å². The predicted octanol–water partition coefficient (Wildman–Crippen LogP) is 2.56. The van der Waals surface area contributed by atoms with Crippen LogP contribution in [0.15, 0.2) is 18.2 Å². The summed E-state index contributed by atoms with van der Waals surface area (Å²) in [6, 6.07) is 6.26. The molecule has 2 N–H and O–H groups in total. The number of hydrogen-bond donors (Lipinski definition) is 1. The summed E-state index contributed by atoms with van der Waals surface area (Å²) in [7, 11) is 0. The number of nitrogens with zero attached hydrogens (tertiary/aromatic N) is 1. The second-order valence-corrected chi connectivity index (χ2v) is 5.63. The van der Waals surface area contributed by atoms with Crippen molar-refractivity contribution in [2.75, 3.05) is 18.8 Å². The van der Waals surface area contributed by atoms with Gasteiger partial charge in [-0.15, -0.1) is 0 Å². The molecule has 0 unspecified atom stereocenters. The molecule has 2 heteroatoms. The van der Waals surface area contributed by atoms with Crippen molar-refractivity contribution in [1.82, 2.24) is 4.90 Å². The summed E-state index contributed by atoms with van der Waals surface area (Å²) in [5, 5.41) is 0. The lowest BCUT2D eigenvalue weighted by molar-refractivity contribution is -0.0645. The lowest BCUT2D eigenvalue weighted by Gasteiger charge is -2.56. The Morgan fingerprint density at radius 2 is 2.06 bits per heavy atom. The van der Waals surface area contributed by atoms with Gasteiger partial charge in [0.1, 0.15) is 0 Å². The van der Waals surface area contributed by atoms with Crippen LogP contribution < -0.4 is 5.73 Å². The van der Waals surface area contributed by atoms with E-state index < -0.39 is 0 Å². The highest BCUT2D eigenvalue weighted by molar-refractivity contribution is 5.49. The predicted molar refractivity (Wildman–Crippen MR) is 67.2 cm³/mol. The molecule has 2 aliphatic rings. The highest BCUT2D eigenvalue weighted by Gasteiger charge is 2.46. The Morgan fingerprint density at radius 1 is 1.31 bits per heavy atom. The van der Waals surface area contributed by atoms with E-state index in [1.807, 2.05) is 6.07 Å². The molecule has 3 rings (SSSR count). The van der Waals surface area contributed by atoms with E-state index in [0.717, 1.165) is 17.6 Å². The molecule has 1 aliphatic heterocycles. The van der Waals surface area contributed by atoms with Crippen molar-refractivity contribution in [3.8, 4) is 0 Å². The van der Waals surface area contributed by atoms with E-state index in [0.29, 0.717) is 0 Å². The third-order valence-electron chi connectivity index (χ3n) is 4.41. The van der Waals surface area contributed by atoms with Crippen molar-refractivity contribution in [3.05, 3.63) is 29.3 Å². The third-order valence-corrected chi connectivity index (χ3v) is 4.41. The molecule has 0 amide bonds. The molecule has 2 nitrogen and oxygen atoms in total. The fourth-order valence-electron chi connectivity index (χ4n) is 3.12. The molecule has 2 fully saturated rings. The largest absolute Gasteiger partial charge is 0.399 e. The maximum Gasteiger partial charge on any atom is 0.0346 e. The van der Waals surface area contributed by atoms with E-state index in [1.54, 1.807) is 0 Å². The molecule has 0 bridgehead atoms. The number of likely N-dealkylation sites (tertiary alicyclic amines) is 1. The summed E-state index contributed by atoms with van der Waals surface area (Å²) >= 11 is 0. The van der Waals surface area contributed by atoms with Gasteiger partial charge in [-0.2, -0.15) is 0 Å². The first kappa shape index (κ1) is 10.2. The molecule has 1 heterocycles. The molecule has 1 saturated heterocycles. The molecule has 1 aliphatic carbocycles. The Bertz CT molecular complexity index is 399. The summed E-state index contributed by atoms with van der Waals surface area (Å²) in [6.07, 6.45) is 4.37. The first-order valence-corrected chi connectivity index (χ1v) is 6.25. The number of benzene rings is 1. The van der Waals surface area contributed by atoms with Crippen molar-refractivity contribution in [2.45, 2.75) is 32.7 Å². The molecular weight excluding hydrogens is 196 g/mol. The lowest BCUT2D eigenvalue weighted by atomic mass is 9.63. The highest BCUT2D eigenvalue weighted by atomic mass is 15.2. The van der Waals surface area contributed by atoms with Gasteiger partial charge in [-0.05, 0) is 42.4 Å². The Balaban J connectivity index is 1.65. The van der Waals surface area contributed by atoms with Crippen LogP contribution >= 0.6 is 0 Å². The molecule has 1 saturated carbocycles. The zero-order valence-corrected chi connectivity index (χ0v) is 10.00. The van der Waals surface area contributed by atoms with Crippen LogP contribution in [0.1, 0.15) is 30.4 Å². The molecule has 0 radical (unpaired) electrons. The molecular formula is C14H20N2. The molecule has 1 aromatic rings. The van der Waals surface area contributed by atoms with Crippen LogP contribution in [0.4, 0.5) is 5.69 Å². The van der Waals surface area contributed by atoms with Gasteiger partial charge in [0.25, 0.3) is 0 Å². The second kappa shape index (κ2) is 3.49.